The summed E-state index contributed by atoms with van der Waals surface area (Å²) in [5.74, 6) is 0.203. The zero-order valence-electron chi connectivity index (χ0n) is 10.1. The van der Waals surface area contributed by atoms with Gasteiger partial charge in [-0.1, -0.05) is 24.3 Å². The van der Waals surface area contributed by atoms with Gasteiger partial charge >= 0.3 is 6.61 Å². The largest absolute Gasteiger partial charge is 0.435 e. The first kappa shape index (κ1) is 13.0. The topological polar surface area (TPSA) is 21.3 Å². The third-order valence-corrected chi connectivity index (χ3v) is 3.01. The highest BCUT2D eigenvalue weighted by Crippen LogP contribution is 2.16. The van der Waals surface area contributed by atoms with Crippen LogP contribution in [0.1, 0.15) is 24.8 Å². The van der Waals surface area contributed by atoms with E-state index in [9.17, 15) is 8.78 Å². The van der Waals surface area contributed by atoms with E-state index in [0.717, 1.165) is 31.4 Å². The molecule has 2 nitrogen and oxygen atoms in total. The van der Waals surface area contributed by atoms with Crippen molar-refractivity contribution in [2.24, 2.45) is 0 Å². The molecule has 1 aliphatic carbocycles. The quantitative estimate of drug-likeness (QED) is 0.811. The van der Waals surface area contributed by atoms with Gasteiger partial charge in [-0.3, -0.25) is 0 Å². The van der Waals surface area contributed by atoms with E-state index < -0.39 is 6.61 Å². The van der Waals surface area contributed by atoms with Gasteiger partial charge in [-0.15, -0.1) is 0 Å². The van der Waals surface area contributed by atoms with Gasteiger partial charge in [0.25, 0.3) is 0 Å². The molecular weight excluding hydrogens is 236 g/mol. The predicted molar refractivity (Wildman–Crippen MR) is 66.7 cm³/mol. The van der Waals surface area contributed by atoms with Gasteiger partial charge in [0.2, 0.25) is 0 Å². The fraction of sp³-hybridized carbons (Fsp3) is 0.429. The number of rotatable bonds is 5. The SMILES string of the molecule is FC(F)Oc1ccc(CNC2CC=CCC2)cc1. The Kier molecular flexibility index (Phi) is 4.70. The van der Waals surface area contributed by atoms with Gasteiger partial charge in [-0.2, -0.15) is 8.78 Å². The Morgan fingerprint density at radius 1 is 1.22 bits per heavy atom. The van der Waals surface area contributed by atoms with E-state index in [-0.39, 0.29) is 5.75 Å². The Labute approximate surface area is 106 Å². The van der Waals surface area contributed by atoms with Crippen molar-refractivity contribution in [1.29, 1.82) is 0 Å². The summed E-state index contributed by atoms with van der Waals surface area (Å²) in [6, 6.07) is 7.28. The van der Waals surface area contributed by atoms with E-state index in [2.05, 4.69) is 22.2 Å². The van der Waals surface area contributed by atoms with Crippen LogP contribution in [0.25, 0.3) is 0 Å². The van der Waals surface area contributed by atoms with Crippen LogP contribution in [-0.2, 0) is 6.54 Å². The molecule has 0 radical (unpaired) electrons. The van der Waals surface area contributed by atoms with Crippen molar-refractivity contribution in [2.75, 3.05) is 0 Å². The van der Waals surface area contributed by atoms with Crippen molar-refractivity contribution < 1.29 is 13.5 Å². The van der Waals surface area contributed by atoms with Crippen LogP contribution in [0.2, 0.25) is 0 Å². The van der Waals surface area contributed by atoms with Gasteiger partial charge in [0.05, 0.1) is 0 Å². The number of allylic oxidation sites excluding steroid dienone is 1. The van der Waals surface area contributed by atoms with Crippen LogP contribution in [-0.4, -0.2) is 12.7 Å². The van der Waals surface area contributed by atoms with Crippen molar-refractivity contribution in [3.8, 4) is 5.75 Å². The summed E-state index contributed by atoms with van der Waals surface area (Å²) in [6.45, 7) is -2.00. The Morgan fingerprint density at radius 3 is 2.61 bits per heavy atom. The minimum absolute atomic E-state index is 0.203. The standard InChI is InChI=1S/C14H17F2NO/c15-14(16)18-13-8-6-11(7-9-13)10-17-12-4-2-1-3-5-12/h1-2,6-9,12,14,17H,3-5,10H2. The molecule has 0 bridgehead atoms. The predicted octanol–water partition coefficient (Wildman–Crippen LogP) is 3.49. The molecule has 0 spiro atoms. The molecule has 1 aromatic rings. The maximum absolute atomic E-state index is 12.0. The molecule has 0 aliphatic heterocycles. The fourth-order valence-electron chi connectivity index (χ4n) is 2.03. The Bertz CT molecular complexity index is 389. The molecule has 0 heterocycles. The van der Waals surface area contributed by atoms with E-state index in [1.54, 1.807) is 12.1 Å². The average Bonchev–Trinajstić information content (AvgIpc) is 2.38. The van der Waals surface area contributed by atoms with Crippen LogP contribution in [0.5, 0.6) is 5.75 Å². The second-order valence-corrected chi connectivity index (χ2v) is 4.38. The lowest BCUT2D eigenvalue weighted by atomic mass is 10.0. The minimum Gasteiger partial charge on any atom is -0.435 e. The van der Waals surface area contributed by atoms with Gasteiger partial charge < -0.3 is 10.1 Å². The van der Waals surface area contributed by atoms with Crippen LogP contribution < -0.4 is 10.1 Å². The zero-order chi connectivity index (χ0) is 12.8. The highest BCUT2D eigenvalue weighted by Gasteiger charge is 2.09. The summed E-state index contributed by atoms with van der Waals surface area (Å²) in [4.78, 5) is 0. The monoisotopic (exact) mass is 253 g/mol. The normalized spacial score (nSPS) is 19.2. The van der Waals surface area contributed by atoms with Crippen molar-refractivity contribution in [3.63, 3.8) is 0 Å². The molecule has 2 rings (SSSR count). The first-order chi connectivity index (χ1) is 8.74. The highest BCUT2D eigenvalue weighted by molar-refractivity contribution is 5.27. The Morgan fingerprint density at radius 2 is 2.00 bits per heavy atom. The second-order valence-electron chi connectivity index (χ2n) is 4.38. The first-order valence-electron chi connectivity index (χ1n) is 6.16. The molecule has 18 heavy (non-hydrogen) atoms. The van der Waals surface area contributed by atoms with Crippen LogP contribution in [0.15, 0.2) is 36.4 Å². The Balaban J connectivity index is 1.80. The third-order valence-electron chi connectivity index (χ3n) is 3.01. The first-order valence-corrected chi connectivity index (χ1v) is 6.16. The molecule has 0 saturated carbocycles. The number of halogens is 2. The van der Waals surface area contributed by atoms with E-state index in [1.807, 2.05) is 12.1 Å². The van der Waals surface area contributed by atoms with E-state index >= 15 is 0 Å². The van der Waals surface area contributed by atoms with E-state index in [0.29, 0.717) is 6.04 Å². The summed E-state index contributed by atoms with van der Waals surface area (Å²) in [5, 5.41) is 3.46. The number of hydrogen-bond acceptors (Lipinski definition) is 2. The molecule has 1 N–H and O–H groups in total. The van der Waals surface area contributed by atoms with Gasteiger partial charge in [-0.05, 0) is 37.0 Å². The van der Waals surface area contributed by atoms with Gasteiger partial charge in [0, 0.05) is 12.6 Å². The highest BCUT2D eigenvalue weighted by atomic mass is 19.3. The lowest BCUT2D eigenvalue weighted by Crippen LogP contribution is -2.29. The summed E-state index contributed by atoms with van der Waals surface area (Å²) in [6.07, 6.45) is 7.74. The summed E-state index contributed by atoms with van der Waals surface area (Å²) in [5.41, 5.74) is 1.08. The van der Waals surface area contributed by atoms with Crippen molar-refractivity contribution >= 4 is 0 Å². The molecular formula is C14H17F2NO. The summed E-state index contributed by atoms with van der Waals surface area (Å²) in [7, 11) is 0. The zero-order valence-corrected chi connectivity index (χ0v) is 10.1. The number of ether oxygens (including phenoxy) is 1. The Hall–Kier alpha value is -1.42. The second kappa shape index (κ2) is 6.50. The lowest BCUT2D eigenvalue weighted by molar-refractivity contribution is -0.0498. The smallest absolute Gasteiger partial charge is 0.387 e. The van der Waals surface area contributed by atoms with Crippen LogP contribution in [0, 0.1) is 0 Å². The maximum Gasteiger partial charge on any atom is 0.387 e. The van der Waals surface area contributed by atoms with Crippen molar-refractivity contribution in [2.45, 2.75) is 38.5 Å². The third kappa shape index (κ3) is 4.11. The number of benzene rings is 1. The minimum atomic E-state index is -2.76. The molecule has 0 aromatic heterocycles. The molecule has 4 heteroatoms. The van der Waals surface area contributed by atoms with Gasteiger partial charge in [0.15, 0.2) is 0 Å². The van der Waals surface area contributed by atoms with E-state index in [4.69, 9.17) is 0 Å². The van der Waals surface area contributed by atoms with E-state index in [1.165, 1.54) is 0 Å². The molecule has 98 valence electrons. The van der Waals surface area contributed by atoms with Gasteiger partial charge in [0.1, 0.15) is 5.75 Å². The lowest BCUT2D eigenvalue weighted by Gasteiger charge is -2.19. The molecule has 1 atom stereocenters. The van der Waals surface area contributed by atoms with Crippen LogP contribution >= 0.6 is 0 Å². The summed E-state index contributed by atoms with van der Waals surface area (Å²) >= 11 is 0. The molecule has 1 aromatic carbocycles. The maximum atomic E-state index is 12.0. The van der Waals surface area contributed by atoms with Crippen LogP contribution in [0.3, 0.4) is 0 Å². The fourth-order valence-corrected chi connectivity index (χ4v) is 2.03. The van der Waals surface area contributed by atoms with Crippen LogP contribution in [0.4, 0.5) is 8.78 Å². The summed E-state index contributed by atoms with van der Waals surface area (Å²) < 4.78 is 28.2. The number of alkyl halides is 2. The molecule has 0 fully saturated rings. The molecule has 1 unspecified atom stereocenters. The molecule has 0 saturated heterocycles. The number of hydrogen-bond donors (Lipinski definition) is 1. The molecule has 1 aliphatic rings. The molecule has 0 amide bonds. The van der Waals surface area contributed by atoms with Crippen molar-refractivity contribution in [3.05, 3.63) is 42.0 Å². The average molecular weight is 253 g/mol. The number of nitrogens with one attached hydrogen (secondary N) is 1. The van der Waals surface area contributed by atoms with Crippen molar-refractivity contribution in [1.82, 2.24) is 5.32 Å². The van der Waals surface area contributed by atoms with Gasteiger partial charge in [-0.25, -0.2) is 0 Å².